The summed E-state index contributed by atoms with van der Waals surface area (Å²) in [4.78, 5) is 11.6. The molecule has 3 N–H and O–H groups in total. The van der Waals surface area contributed by atoms with Crippen molar-refractivity contribution < 1.29 is 4.79 Å². The van der Waals surface area contributed by atoms with Crippen molar-refractivity contribution in [1.29, 1.82) is 5.26 Å². The smallest absolute Gasteiger partial charge is 0.237 e. The van der Waals surface area contributed by atoms with Crippen molar-refractivity contribution in [3.05, 3.63) is 0 Å². The Labute approximate surface area is 91.8 Å². The number of nitrogens with two attached hydrogens (primary N) is 1. The fourth-order valence-corrected chi connectivity index (χ4v) is 0.851. The molecular weight excluding hydrogens is 190 g/mol. The molecule has 0 aliphatic carbocycles. The first-order valence-electron chi connectivity index (χ1n) is 5.05. The lowest BCUT2D eigenvalue weighted by Crippen LogP contribution is -2.50. The van der Waals surface area contributed by atoms with E-state index >= 15 is 0 Å². The minimum absolute atomic E-state index is 0.203. The van der Waals surface area contributed by atoms with Crippen molar-refractivity contribution >= 4 is 5.91 Å². The molecule has 0 spiro atoms. The molecule has 0 radical (unpaired) electrons. The van der Waals surface area contributed by atoms with Crippen LogP contribution < -0.4 is 11.1 Å². The molecule has 0 aliphatic heterocycles. The van der Waals surface area contributed by atoms with Gasteiger partial charge in [-0.3, -0.25) is 4.79 Å². The number of hydrogen-bond donors (Lipinski definition) is 2. The highest BCUT2D eigenvalue weighted by Gasteiger charge is 2.28. The van der Waals surface area contributed by atoms with Crippen LogP contribution in [0.1, 0.15) is 34.6 Å². The molecule has 1 atom stereocenters. The molecule has 4 heteroatoms. The van der Waals surface area contributed by atoms with Crippen molar-refractivity contribution in [3.8, 4) is 6.07 Å². The van der Waals surface area contributed by atoms with Crippen LogP contribution in [0.3, 0.4) is 0 Å². The van der Waals surface area contributed by atoms with Crippen molar-refractivity contribution in [1.82, 2.24) is 5.32 Å². The zero-order chi connectivity index (χ0) is 12.3. The SMILES string of the molecule is CC(C)(C#N)CNC(=O)[C@H](N)C(C)(C)C. The third kappa shape index (κ3) is 4.80. The molecule has 0 unspecified atom stereocenters. The number of nitrogens with zero attached hydrogens (tertiary/aromatic N) is 1. The van der Waals surface area contributed by atoms with Gasteiger partial charge in [0.15, 0.2) is 0 Å². The van der Waals surface area contributed by atoms with Crippen molar-refractivity contribution in [2.45, 2.75) is 40.7 Å². The van der Waals surface area contributed by atoms with Crippen LogP contribution in [0.25, 0.3) is 0 Å². The highest BCUT2D eigenvalue weighted by molar-refractivity contribution is 5.82. The van der Waals surface area contributed by atoms with E-state index < -0.39 is 11.5 Å². The molecule has 0 bridgehead atoms. The van der Waals surface area contributed by atoms with Crippen LogP contribution in [0, 0.1) is 22.2 Å². The number of nitrogens with one attached hydrogen (secondary N) is 1. The van der Waals surface area contributed by atoms with Crippen LogP contribution in [0.5, 0.6) is 0 Å². The molecule has 0 aliphatic rings. The molecule has 0 rings (SSSR count). The summed E-state index contributed by atoms with van der Waals surface area (Å²) >= 11 is 0. The lowest BCUT2D eigenvalue weighted by atomic mass is 9.86. The minimum Gasteiger partial charge on any atom is -0.353 e. The highest BCUT2D eigenvalue weighted by Crippen LogP contribution is 2.18. The summed E-state index contributed by atoms with van der Waals surface area (Å²) in [5.74, 6) is -0.203. The maximum atomic E-state index is 11.6. The summed E-state index contributed by atoms with van der Waals surface area (Å²) < 4.78 is 0. The van der Waals surface area contributed by atoms with E-state index in [2.05, 4.69) is 11.4 Å². The monoisotopic (exact) mass is 211 g/mol. The Morgan fingerprint density at radius 3 is 2.20 bits per heavy atom. The predicted molar refractivity (Wildman–Crippen MR) is 59.8 cm³/mol. The molecule has 0 aromatic rings. The van der Waals surface area contributed by atoms with Crippen LogP contribution in [0.2, 0.25) is 0 Å². The zero-order valence-electron chi connectivity index (χ0n) is 10.2. The molecule has 1 amide bonds. The van der Waals surface area contributed by atoms with Gasteiger partial charge in [0.1, 0.15) is 0 Å². The number of nitriles is 1. The second-order valence-corrected chi connectivity index (χ2v) is 5.56. The molecule has 0 fully saturated rings. The van der Waals surface area contributed by atoms with Crippen LogP contribution in [-0.4, -0.2) is 18.5 Å². The van der Waals surface area contributed by atoms with E-state index in [0.717, 1.165) is 0 Å². The summed E-state index contributed by atoms with van der Waals surface area (Å²) in [6, 6.07) is 1.57. The topological polar surface area (TPSA) is 78.9 Å². The van der Waals surface area contributed by atoms with Gasteiger partial charge in [-0.2, -0.15) is 5.26 Å². The number of amides is 1. The first-order valence-corrected chi connectivity index (χ1v) is 5.05. The van der Waals surface area contributed by atoms with Gasteiger partial charge in [-0.1, -0.05) is 20.8 Å². The molecule has 86 valence electrons. The average molecular weight is 211 g/mol. The Bertz CT molecular complexity index is 271. The number of carbonyl (C=O) groups excluding carboxylic acids is 1. The molecular formula is C11H21N3O. The van der Waals surface area contributed by atoms with Gasteiger partial charge in [-0.25, -0.2) is 0 Å². The summed E-state index contributed by atoms with van der Waals surface area (Å²) in [6.45, 7) is 9.60. The largest absolute Gasteiger partial charge is 0.353 e. The van der Waals surface area contributed by atoms with Crippen molar-refractivity contribution in [3.63, 3.8) is 0 Å². The number of carbonyl (C=O) groups is 1. The number of hydrogen-bond acceptors (Lipinski definition) is 3. The van der Waals surface area contributed by atoms with Crippen LogP contribution >= 0.6 is 0 Å². The fraction of sp³-hybridized carbons (Fsp3) is 0.818. The first-order chi connectivity index (χ1) is 6.60. The molecule has 15 heavy (non-hydrogen) atoms. The lowest BCUT2D eigenvalue weighted by molar-refractivity contribution is -0.124. The van der Waals surface area contributed by atoms with Gasteiger partial charge in [0.2, 0.25) is 5.91 Å². The second kappa shape index (κ2) is 4.63. The van der Waals surface area contributed by atoms with Crippen molar-refractivity contribution in [2.75, 3.05) is 6.54 Å². The Morgan fingerprint density at radius 1 is 1.40 bits per heavy atom. The van der Waals surface area contributed by atoms with E-state index in [1.807, 2.05) is 20.8 Å². The van der Waals surface area contributed by atoms with E-state index in [4.69, 9.17) is 11.0 Å². The zero-order valence-corrected chi connectivity index (χ0v) is 10.2. The molecule has 0 aromatic heterocycles. The predicted octanol–water partition coefficient (Wildman–Crippen LogP) is 1.03. The third-order valence-corrected chi connectivity index (χ3v) is 2.22. The van der Waals surface area contributed by atoms with Gasteiger partial charge in [-0.05, 0) is 19.3 Å². The quantitative estimate of drug-likeness (QED) is 0.731. The molecule has 0 heterocycles. The minimum atomic E-state index is -0.549. The van der Waals surface area contributed by atoms with E-state index in [0.29, 0.717) is 6.54 Å². The van der Waals surface area contributed by atoms with E-state index in [1.54, 1.807) is 13.8 Å². The maximum absolute atomic E-state index is 11.6. The Morgan fingerprint density at radius 2 is 1.87 bits per heavy atom. The first kappa shape index (κ1) is 13.9. The normalized spacial score (nSPS) is 14.2. The molecule has 0 saturated heterocycles. The second-order valence-electron chi connectivity index (χ2n) is 5.56. The molecule has 0 saturated carbocycles. The van der Waals surface area contributed by atoms with Gasteiger partial charge in [-0.15, -0.1) is 0 Å². The Kier molecular flexibility index (Phi) is 4.29. The summed E-state index contributed by atoms with van der Waals surface area (Å²) in [6.07, 6.45) is 0. The van der Waals surface area contributed by atoms with Crippen LogP contribution in [-0.2, 0) is 4.79 Å². The van der Waals surface area contributed by atoms with Crippen molar-refractivity contribution in [2.24, 2.45) is 16.6 Å². The average Bonchev–Trinajstić information content (AvgIpc) is 2.11. The summed E-state index contributed by atoms with van der Waals surface area (Å²) in [7, 11) is 0. The fourth-order valence-electron chi connectivity index (χ4n) is 0.851. The summed E-state index contributed by atoms with van der Waals surface area (Å²) in [5, 5.41) is 11.5. The van der Waals surface area contributed by atoms with E-state index in [1.165, 1.54) is 0 Å². The van der Waals surface area contributed by atoms with Gasteiger partial charge >= 0.3 is 0 Å². The van der Waals surface area contributed by atoms with E-state index in [9.17, 15) is 4.79 Å². The van der Waals surface area contributed by atoms with Crippen LogP contribution in [0.15, 0.2) is 0 Å². The molecule has 4 nitrogen and oxygen atoms in total. The highest BCUT2D eigenvalue weighted by atomic mass is 16.2. The maximum Gasteiger partial charge on any atom is 0.237 e. The number of rotatable bonds is 3. The third-order valence-electron chi connectivity index (χ3n) is 2.22. The van der Waals surface area contributed by atoms with Gasteiger partial charge < -0.3 is 11.1 Å². The lowest BCUT2D eigenvalue weighted by Gasteiger charge is -2.27. The summed E-state index contributed by atoms with van der Waals surface area (Å²) in [5.41, 5.74) is 4.96. The molecule has 0 aromatic carbocycles. The van der Waals surface area contributed by atoms with Gasteiger partial charge in [0, 0.05) is 6.54 Å². The Balaban J connectivity index is 4.24. The standard InChI is InChI=1S/C11H21N3O/c1-10(2,3)8(13)9(15)14-7-11(4,5)6-12/h8H,7,13H2,1-5H3,(H,14,15)/t8-/m0/s1. The van der Waals surface area contributed by atoms with Gasteiger partial charge in [0.25, 0.3) is 0 Å². The van der Waals surface area contributed by atoms with Gasteiger partial charge in [0.05, 0.1) is 17.5 Å². The van der Waals surface area contributed by atoms with Crippen LogP contribution in [0.4, 0.5) is 0 Å². The van der Waals surface area contributed by atoms with E-state index in [-0.39, 0.29) is 11.3 Å². The Hall–Kier alpha value is -1.08.